The van der Waals surface area contributed by atoms with Crippen LogP contribution in [0.2, 0.25) is 0 Å². The molecule has 0 bridgehead atoms. The van der Waals surface area contributed by atoms with Crippen molar-refractivity contribution in [2.24, 2.45) is 0 Å². The molecule has 1 saturated carbocycles. The van der Waals surface area contributed by atoms with Crippen LogP contribution in [-0.4, -0.2) is 55.8 Å². The summed E-state index contributed by atoms with van der Waals surface area (Å²) in [7, 11) is -3.06. The van der Waals surface area contributed by atoms with E-state index in [2.05, 4.69) is 5.32 Å². The lowest BCUT2D eigenvalue weighted by Gasteiger charge is -2.34. The van der Waals surface area contributed by atoms with E-state index in [1.54, 1.807) is 12.1 Å². The van der Waals surface area contributed by atoms with Crippen molar-refractivity contribution in [2.75, 3.05) is 18.0 Å². The second kappa shape index (κ2) is 16.0. The SMILES string of the molecule is COc1ccc(N(CC(=O)N(Cc2ccccc2C)[C@H](Cc2ccccc2)C(=O)NC2CCCC2)S(=O)(=O)c2ccc(C)c([N+](=O)[O-])c2)cc1. The predicted octanol–water partition coefficient (Wildman–Crippen LogP) is 6.11. The molecule has 1 atom stereocenters. The average molecular weight is 699 g/mol. The van der Waals surface area contributed by atoms with E-state index in [4.69, 9.17) is 4.74 Å². The molecule has 1 N–H and O–H groups in total. The van der Waals surface area contributed by atoms with Crippen LogP contribution in [-0.2, 0) is 32.6 Å². The molecule has 5 rings (SSSR count). The summed E-state index contributed by atoms with van der Waals surface area (Å²) < 4.78 is 35.0. The summed E-state index contributed by atoms with van der Waals surface area (Å²) in [5.41, 5.74) is 2.64. The maximum Gasteiger partial charge on any atom is 0.273 e. The Morgan fingerprint density at radius 1 is 0.920 bits per heavy atom. The van der Waals surface area contributed by atoms with Crippen LogP contribution in [0.15, 0.2) is 102 Å². The Balaban J connectivity index is 1.60. The molecule has 1 aliphatic carbocycles. The number of anilines is 1. The van der Waals surface area contributed by atoms with E-state index in [1.807, 2.05) is 61.5 Å². The van der Waals surface area contributed by atoms with Crippen LogP contribution < -0.4 is 14.4 Å². The van der Waals surface area contributed by atoms with Gasteiger partial charge < -0.3 is 15.0 Å². The van der Waals surface area contributed by atoms with Gasteiger partial charge in [-0.25, -0.2) is 8.42 Å². The molecule has 0 saturated heterocycles. The largest absolute Gasteiger partial charge is 0.497 e. The first-order valence-electron chi connectivity index (χ1n) is 16.6. The van der Waals surface area contributed by atoms with Crippen molar-refractivity contribution in [2.45, 2.75) is 69.5 Å². The molecule has 262 valence electrons. The summed E-state index contributed by atoms with van der Waals surface area (Å²) in [6.07, 6.45) is 3.91. The summed E-state index contributed by atoms with van der Waals surface area (Å²) in [6.45, 7) is 2.81. The molecule has 4 aromatic carbocycles. The van der Waals surface area contributed by atoms with Gasteiger partial charge in [0, 0.05) is 30.6 Å². The first-order valence-corrected chi connectivity index (χ1v) is 18.0. The quantitative estimate of drug-likeness (QED) is 0.124. The van der Waals surface area contributed by atoms with Crippen LogP contribution in [0, 0.1) is 24.0 Å². The zero-order valence-corrected chi connectivity index (χ0v) is 29.3. The van der Waals surface area contributed by atoms with Crippen LogP contribution in [0.1, 0.15) is 47.9 Å². The fraction of sp³-hybridized carbons (Fsp3) is 0.316. The lowest BCUT2D eigenvalue weighted by Crippen LogP contribution is -2.54. The van der Waals surface area contributed by atoms with Crippen molar-refractivity contribution in [1.82, 2.24) is 10.2 Å². The normalized spacial score (nSPS) is 13.7. The van der Waals surface area contributed by atoms with Gasteiger partial charge in [0.25, 0.3) is 15.7 Å². The van der Waals surface area contributed by atoms with E-state index in [1.165, 1.54) is 43.2 Å². The van der Waals surface area contributed by atoms with Crippen LogP contribution in [0.4, 0.5) is 11.4 Å². The van der Waals surface area contributed by atoms with Gasteiger partial charge in [-0.3, -0.25) is 24.0 Å². The average Bonchev–Trinajstić information content (AvgIpc) is 3.62. The van der Waals surface area contributed by atoms with Gasteiger partial charge >= 0.3 is 0 Å². The number of carbonyl (C=O) groups excluding carboxylic acids is 2. The van der Waals surface area contributed by atoms with E-state index in [-0.39, 0.29) is 41.2 Å². The molecule has 0 heterocycles. The highest BCUT2D eigenvalue weighted by Gasteiger charge is 2.36. The van der Waals surface area contributed by atoms with Crippen molar-refractivity contribution in [3.8, 4) is 5.75 Å². The second-order valence-electron chi connectivity index (χ2n) is 12.6. The smallest absolute Gasteiger partial charge is 0.273 e. The Kier molecular flexibility index (Phi) is 11.5. The topological polar surface area (TPSA) is 139 Å². The minimum Gasteiger partial charge on any atom is -0.497 e. The highest BCUT2D eigenvalue weighted by Crippen LogP contribution is 2.30. The molecule has 0 radical (unpaired) electrons. The number of methoxy groups -OCH3 is 1. The van der Waals surface area contributed by atoms with E-state index < -0.39 is 33.4 Å². The third kappa shape index (κ3) is 8.49. The number of nitro benzene ring substituents is 1. The van der Waals surface area contributed by atoms with Gasteiger partial charge in [-0.05, 0) is 73.7 Å². The first kappa shape index (κ1) is 36.1. The number of ether oxygens (including phenoxy) is 1. The monoisotopic (exact) mass is 698 g/mol. The van der Waals surface area contributed by atoms with Gasteiger partial charge in [-0.2, -0.15) is 0 Å². The van der Waals surface area contributed by atoms with E-state index >= 15 is 0 Å². The number of hydrogen-bond donors (Lipinski definition) is 1. The van der Waals surface area contributed by atoms with Crippen LogP contribution in [0.3, 0.4) is 0 Å². The fourth-order valence-electron chi connectivity index (χ4n) is 6.24. The second-order valence-corrected chi connectivity index (χ2v) is 14.4. The standard InChI is InChI=1S/C38H42N4O7S/c1-27-11-7-8-14-30(27)25-40(36(23-29-12-5-4-6-13-29)38(44)39-31-15-9-10-16-31)37(43)26-41(32-18-20-33(49-3)21-19-32)50(47,48)34-22-17-28(2)35(24-34)42(45)46/h4-8,11-14,17-22,24,31,36H,9-10,15-16,23,25-26H2,1-3H3,(H,39,44)/t36-/m1/s1. The highest BCUT2D eigenvalue weighted by atomic mass is 32.2. The zero-order valence-electron chi connectivity index (χ0n) is 28.4. The molecule has 0 aromatic heterocycles. The number of amides is 2. The van der Waals surface area contributed by atoms with Crippen molar-refractivity contribution < 1.29 is 27.7 Å². The summed E-state index contributed by atoms with van der Waals surface area (Å²) in [5, 5.41) is 14.9. The Morgan fingerprint density at radius 2 is 1.58 bits per heavy atom. The molecule has 12 heteroatoms. The van der Waals surface area contributed by atoms with Gasteiger partial charge in [0.2, 0.25) is 11.8 Å². The van der Waals surface area contributed by atoms with Crippen LogP contribution in [0.5, 0.6) is 5.75 Å². The molecule has 4 aromatic rings. The van der Waals surface area contributed by atoms with Crippen molar-refractivity contribution >= 4 is 33.2 Å². The van der Waals surface area contributed by atoms with Crippen LogP contribution >= 0.6 is 0 Å². The van der Waals surface area contributed by atoms with Crippen LogP contribution in [0.25, 0.3) is 0 Å². The number of sulfonamides is 1. The number of rotatable bonds is 14. The van der Waals surface area contributed by atoms with Gasteiger partial charge in [-0.15, -0.1) is 0 Å². The summed E-state index contributed by atoms with van der Waals surface area (Å²) in [5.74, 6) is -0.455. The molecule has 1 fully saturated rings. The maximum absolute atomic E-state index is 14.8. The van der Waals surface area contributed by atoms with E-state index in [0.717, 1.165) is 52.7 Å². The lowest BCUT2D eigenvalue weighted by molar-refractivity contribution is -0.385. The molecule has 1 aliphatic rings. The summed E-state index contributed by atoms with van der Waals surface area (Å²) in [4.78, 5) is 41.2. The molecule has 0 spiro atoms. The zero-order chi connectivity index (χ0) is 35.8. The summed E-state index contributed by atoms with van der Waals surface area (Å²) in [6, 6.07) is 25.8. The maximum atomic E-state index is 14.8. The third-order valence-corrected chi connectivity index (χ3v) is 10.9. The minimum atomic E-state index is -4.54. The van der Waals surface area contributed by atoms with Crippen molar-refractivity contribution in [3.63, 3.8) is 0 Å². The number of aryl methyl sites for hydroxylation is 2. The number of nitro groups is 1. The third-order valence-electron chi connectivity index (χ3n) is 9.18. The highest BCUT2D eigenvalue weighted by molar-refractivity contribution is 7.92. The number of benzene rings is 4. The number of hydrogen-bond acceptors (Lipinski definition) is 7. The number of nitrogens with one attached hydrogen (secondary N) is 1. The Labute approximate surface area is 293 Å². The Morgan fingerprint density at radius 3 is 2.22 bits per heavy atom. The molecular formula is C38H42N4O7S. The van der Waals surface area contributed by atoms with Gasteiger partial charge in [-0.1, -0.05) is 73.5 Å². The molecule has 2 amide bonds. The molecule has 0 aliphatic heterocycles. The number of nitrogens with zero attached hydrogens (tertiary/aromatic N) is 3. The van der Waals surface area contributed by atoms with E-state index in [0.29, 0.717) is 11.3 Å². The van der Waals surface area contributed by atoms with Gasteiger partial charge in [0.15, 0.2) is 0 Å². The molecule has 50 heavy (non-hydrogen) atoms. The Hall–Kier alpha value is -5.23. The molecule has 11 nitrogen and oxygen atoms in total. The lowest BCUT2D eigenvalue weighted by atomic mass is 10.0. The van der Waals surface area contributed by atoms with Gasteiger partial charge in [0.05, 0.1) is 22.6 Å². The van der Waals surface area contributed by atoms with E-state index in [9.17, 15) is 28.1 Å². The molecule has 0 unspecified atom stereocenters. The van der Waals surface area contributed by atoms with Crippen molar-refractivity contribution in [3.05, 3.63) is 129 Å². The Bertz CT molecular complexity index is 1930. The minimum absolute atomic E-state index is 0.00955. The number of carbonyl (C=O) groups is 2. The van der Waals surface area contributed by atoms with Gasteiger partial charge in [0.1, 0.15) is 18.3 Å². The fourth-order valence-corrected chi connectivity index (χ4v) is 7.68. The summed E-state index contributed by atoms with van der Waals surface area (Å²) >= 11 is 0. The first-order chi connectivity index (χ1) is 24.0. The molecular weight excluding hydrogens is 657 g/mol. The predicted molar refractivity (Wildman–Crippen MR) is 191 cm³/mol. The van der Waals surface area contributed by atoms with Crippen molar-refractivity contribution in [1.29, 1.82) is 0 Å².